The molecule has 1 unspecified atom stereocenters. The third kappa shape index (κ3) is 5.19. The van der Waals surface area contributed by atoms with Crippen LogP contribution in [0, 0.1) is 6.92 Å². The Bertz CT molecular complexity index is 1200. The zero-order valence-electron chi connectivity index (χ0n) is 17.9. The van der Waals surface area contributed by atoms with Crippen LogP contribution in [0.3, 0.4) is 0 Å². The van der Waals surface area contributed by atoms with Crippen LogP contribution in [0.2, 0.25) is 0 Å². The monoisotopic (exact) mass is 539 g/mol. The van der Waals surface area contributed by atoms with Crippen LogP contribution in [0.4, 0.5) is 24.8 Å². The summed E-state index contributed by atoms with van der Waals surface area (Å²) in [6, 6.07) is 4.47. The van der Waals surface area contributed by atoms with Crippen molar-refractivity contribution in [3.63, 3.8) is 0 Å². The number of nitrogens with one attached hydrogen (secondary N) is 2. The van der Waals surface area contributed by atoms with Crippen LogP contribution in [0.1, 0.15) is 42.5 Å². The lowest BCUT2D eigenvalue weighted by atomic mass is 9.83. The van der Waals surface area contributed by atoms with Crippen LogP contribution in [0.25, 0.3) is 10.4 Å². The molecule has 1 aliphatic rings. The van der Waals surface area contributed by atoms with Crippen molar-refractivity contribution in [3.05, 3.63) is 51.3 Å². The Morgan fingerprint density at radius 2 is 2.03 bits per heavy atom. The predicted octanol–water partition coefficient (Wildman–Crippen LogP) is 5.99. The highest BCUT2D eigenvalue weighted by molar-refractivity contribution is 9.10. The molecule has 1 saturated heterocycles. The summed E-state index contributed by atoms with van der Waals surface area (Å²) in [7, 11) is 0. The van der Waals surface area contributed by atoms with Gasteiger partial charge in [-0.15, -0.1) is 11.3 Å². The standard InChI is InChI=1S/C22H21BrF3N5OS/c1-12-9-13(30-20-28-7-4-16(31-20)22(24,25)26)10-14(18(12)23)15-11-29-19(33-15)21(2)5-3-17(32)27-8-6-21/h4,7,9-11H,3,5-6,8H2,1-2H3,(H,27,32)(H,28,30,31). The number of halogens is 4. The number of rotatable bonds is 4. The molecule has 1 atom stereocenters. The first-order valence-corrected chi connectivity index (χ1v) is 11.9. The minimum absolute atomic E-state index is 0.0597. The van der Waals surface area contributed by atoms with E-state index in [-0.39, 0.29) is 17.3 Å². The summed E-state index contributed by atoms with van der Waals surface area (Å²) < 4.78 is 39.8. The van der Waals surface area contributed by atoms with E-state index < -0.39 is 11.9 Å². The van der Waals surface area contributed by atoms with Crippen molar-refractivity contribution < 1.29 is 18.0 Å². The molecule has 0 aliphatic carbocycles. The molecule has 6 nitrogen and oxygen atoms in total. The van der Waals surface area contributed by atoms with Gasteiger partial charge in [-0.3, -0.25) is 4.79 Å². The van der Waals surface area contributed by atoms with Crippen LogP contribution >= 0.6 is 27.3 Å². The third-order valence-electron chi connectivity index (χ3n) is 5.65. The van der Waals surface area contributed by atoms with Gasteiger partial charge in [-0.2, -0.15) is 13.2 Å². The highest BCUT2D eigenvalue weighted by atomic mass is 79.9. The van der Waals surface area contributed by atoms with Crippen molar-refractivity contribution in [2.45, 2.75) is 44.7 Å². The van der Waals surface area contributed by atoms with Gasteiger partial charge in [0.25, 0.3) is 0 Å². The molecule has 0 saturated carbocycles. The van der Waals surface area contributed by atoms with E-state index in [2.05, 4.69) is 48.4 Å². The molecule has 33 heavy (non-hydrogen) atoms. The summed E-state index contributed by atoms with van der Waals surface area (Å²) >= 11 is 5.19. The van der Waals surface area contributed by atoms with Gasteiger partial charge in [-0.05, 0) is 59.5 Å². The van der Waals surface area contributed by atoms with Crippen molar-refractivity contribution >= 4 is 44.8 Å². The number of anilines is 2. The Hall–Kier alpha value is -2.53. The summed E-state index contributed by atoms with van der Waals surface area (Å²) in [5, 5.41) is 6.75. The van der Waals surface area contributed by atoms with E-state index in [0.717, 1.165) is 50.6 Å². The maximum atomic E-state index is 13.0. The molecule has 3 heterocycles. The molecule has 1 aliphatic heterocycles. The zero-order chi connectivity index (χ0) is 23.8. The van der Waals surface area contributed by atoms with E-state index in [1.165, 1.54) is 0 Å². The molecule has 1 aromatic carbocycles. The molecular weight excluding hydrogens is 519 g/mol. The number of benzene rings is 1. The number of aryl methyl sites for hydroxylation is 1. The van der Waals surface area contributed by atoms with Gasteiger partial charge in [0.15, 0.2) is 0 Å². The van der Waals surface area contributed by atoms with E-state index in [0.29, 0.717) is 18.7 Å². The van der Waals surface area contributed by atoms with Gasteiger partial charge in [-0.1, -0.05) is 6.92 Å². The molecule has 0 spiro atoms. The molecular formula is C22H21BrF3N5OS. The minimum Gasteiger partial charge on any atom is -0.356 e. The molecule has 0 radical (unpaired) electrons. The number of thiazole rings is 1. The smallest absolute Gasteiger partial charge is 0.356 e. The van der Waals surface area contributed by atoms with Crippen molar-refractivity contribution in [2.24, 2.45) is 0 Å². The number of carbonyl (C=O) groups excluding carboxylic acids is 1. The van der Waals surface area contributed by atoms with Crippen LogP contribution in [0.15, 0.2) is 35.1 Å². The Morgan fingerprint density at radius 1 is 1.24 bits per heavy atom. The first-order chi connectivity index (χ1) is 15.5. The van der Waals surface area contributed by atoms with E-state index in [4.69, 9.17) is 0 Å². The normalized spacial score (nSPS) is 19.2. The second-order valence-electron chi connectivity index (χ2n) is 8.23. The molecule has 174 valence electrons. The summed E-state index contributed by atoms with van der Waals surface area (Å²) in [4.78, 5) is 24.8. The van der Waals surface area contributed by atoms with E-state index >= 15 is 0 Å². The van der Waals surface area contributed by atoms with Crippen LogP contribution in [-0.4, -0.2) is 27.4 Å². The molecule has 11 heteroatoms. The maximum absolute atomic E-state index is 13.0. The summed E-state index contributed by atoms with van der Waals surface area (Å²) in [6.07, 6.45) is 0.321. The molecule has 1 amide bonds. The second kappa shape index (κ2) is 9.02. The lowest BCUT2D eigenvalue weighted by molar-refractivity contribution is -0.141. The Balaban J connectivity index is 1.64. The molecule has 3 aromatic rings. The number of hydrogen-bond acceptors (Lipinski definition) is 6. The fourth-order valence-corrected chi connectivity index (χ4v) is 5.41. The Labute approximate surface area is 201 Å². The molecule has 2 aromatic heterocycles. The van der Waals surface area contributed by atoms with Gasteiger partial charge in [0.2, 0.25) is 11.9 Å². The van der Waals surface area contributed by atoms with Crippen molar-refractivity contribution in [2.75, 3.05) is 11.9 Å². The lowest BCUT2D eigenvalue weighted by Crippen LogP contribution is -2.24. The fraction of sp³-hybridized carbons (Fsp3) is 0.364. The highest BCUT2D eigenvalue weighted by Gasteiger charge is 2.34. The van der Waals surface area contributed by atoms with Gasteiger partial charge < -0.3 is 10.6 Å². The Kier molecular flexibility index (Phi) is 6.45. The molecule has 1 fully saturated rings. The highest BCUT2D eigenvalue weighted by Crippen LogP contribution is 2.42. The average Bonchev–Trinajstić information content (AvgIpc) is 3.18. The second-order valence-corrected chi connectivity index (χ2v) is 10.1. The topological polar surface area (TPSA) is 79.8 Å². The molecule has 2 N–H and O–H groups in total. The average molecular weight is 540 g/mol. The number of alkyl halides is 3. The number of nitrogens with zero attached hydrogens (tertiary/aromatic N) is 3. The van der Waals surface area contributed by atoms with Crippen molar-refractivity contribution in [3.8, 4) is 10.4 Å². The van der Waals surface area contributed by atoms with E-state index in [9.17, 15) is 18.0 Å². The third-order valence-corrected chi connectivity index (χ3v) is 8.04. The summed E-state index contributed by atoms with van der Waals surface area (Å²) in [6.45, 7) is 4.64. The molecule has 0 bridgehead atoms. The minimum atomic E-state index is -4.55. The van der Waals surface area contributed by atoms with E-state index in [1.807, 2.05) is 19.1 Å². The lowest BCUT2D eigenvalue weighted by Gasteiger charge is -2.24. The number of aromatic nitrogens is 3. The van der Waals surface area contributed by atoms with Crippen LogP contribution < -0.4 is 10.6 Å². The number of carbonyl (C=O) groups is 1. The predicted molar refractivity (Wildman–Crippen MR) is 125 cm³/mol. The quantitative estimate of drug-likeness (QED) is 0.425. The zero-order valence-corrected chi connectivity index (χ0v) is 20.3. The molecule has 4 rings (SSSR count). The first kappa shape index (κ1) is 23.6. The Morgan fingerprint density at radius 3 is 2.79 bits per heavy atom. The largest absolute Gasteiger partial charge is 0.433 e. The SMILES string of the molecule is Cc1cc(Nc2nccc(C(F)(F)F)n2)cc(-c2cnc(C3(C)CCNC(=O)CC3)s2)c1Br. The first-order valence-electron chi connectivity index (χ1n) is 10.3. The number of amides is 1. The van der Waals surface area contributed by atoms with Gasteiger partial charge in [0.1, 0.15) is 5.69 Å². The number of hydrogen-bond donors (Lipinski definition) is 2. The van der Waals surface area contributed by atoms with Crippen molar-refractivity contribution in [1.82, 2.24) is 20.3 Å². The van der Waals surface area contributed by atoms with Gasteiger partial charge >= 0.3 is 6.18 Å². The summed E-state index contributed by atoms with van der Waals surface area (Å²) in [5.41, 5.74) is 1.11. The van der Waals surface area contributed by atoms with Crippen LogP contribution in [0.5, 0.6) is 0 Å². The van der Waals surface area contributed by atoms with Crippen molar-refractivity contribution in [1.29, 1.82) is 0 Å². The van der Waals surface area contributed by atoms with E-state index in [1.54, 1.807) is 17.5 Å². The summed E-state index contributed by atoms with van der Waals surface area (Å²) in [5.74, 6) is -0.0740. The van der Waals surface area contributed by atoms with Gasteiger partial charge in [0.05, 0.1) is 9.88 Å². The maximum Gasteiger partial charge on any atom is 0.433 e. The van der Waals surface area contributed by atoms with Gasteiger partial charge in [0, 0.05) is 46.5 Å². The van der Waals surface area contributed by atoms with Crippen LogP contribution in [-0.2, 0) is 16.4 Å². The van der Waals surface area contributed by atoms with Gasteiger partial charge in [-0.25, -0.2) is 15.0 Å². The fourth-order valence-electron chi connectivity index (χ4n) is 3.70.